The summed E-state index contributed by atoms with van der Waals surface area (Å²) in [5.74, 6) is -0.202. The van der Waals surface area contributed by atoms with Gasteiger partial charge in [0.25, 0.3) is 0 Å². The number of benzene rings is 1. The summed E-state index contributed by atoms with van der Waals surface area (Å²) in [4.78, 5) is 0. The molecule has 0 aromatic heterocycles. The summed E-state index contributed by atoms with van der Waals surface area (Å²) in [7, 11) is 0. The second-order valence-corrected chi connectivity index (χ2v) is 4.54. The molecule has 88 valence electrons. The van der Waals surface area contributed by atoms with Crippen LogP contribution < -0.4 is 11.1 Å². The SMILES string of the molecule is NC(CC1CCCCN1)c1ccc(F)cc1. The van der Waals surface area contributed by atoms with Crippen molar-refractivity contribution in [3.63, 3.8) is 0 Å². The van der Waals surface area contributed by atoms with Gasteiger partial charge in [-0.2, -0.15) is 0 Å². The van der Waals surface area contributed by atoms with Gasteiger partial charge < -0.3 is 11.1 Å². The van der Waals surface area contributed by atoms with E-state index in [1.54, 1.807) is 12.1 Å². The lowest BCUT2D eigenvalue weighted by molar-refractivity contribution is 0.362. The number of nitrogens with one attached hydrogen (secondary N) is 1. The van der Waals surface area contributed by atoms with Gasteiger partial charge in [0.15, 0.2) is 0 Å². The number of nitrogens with two attached hydrogens (primary N) is 1. The Bertz CT molecular complexity index is 317. The van der Waals surface area contributed by atoms with E-state index in [2.05, 4.69) is 5.32 Å². The highest BCUT2D eigenvalue weighted by atomic mass is 19.1. The summed E-state index contributed by atoms with van der Waals surface area (Å²) in [5.41, 5.74) is 7.14. The Kier molecular flexibility index (Phi) is 3.91. The van der Waals surface area contributed by atoms with Crippen molar-refractivity contribution in [3.05, 3.63) is 35.6 Å². The molecule has 0 amide bonds. The van der Waals surface area contributed by atoms with Gasteiger partial charge in [0.2, 0.25) is 0 Å². The molecule has 0 bridgehead atoms. The lowest BCUT2D eigenvalue weighted by Gasteiger charge is -2.26. The zero-order valence-corrected chi connectivity index (χ0v) is 9.45. The molecule has 3 N–H and O–H groups in total. The Balaban J connectivity index is 1.91. The summed E-state index contributed by atoms with van der Waals surface area (Å²) < 4.78 is 12.8. The standard InChI is InChI=1S/C13H19FN2/c14-11-6-4-10(5-7-11)13(15)9-12-3-1-2-8-16-12/h4-7,12-13,16H,1-3,8-9,15H2. The summed E-state index contributed by atoms with van der Waals surface area (Å²) in [6, 6.07) is 7.04. The van der Waals surface area contributed by atoms with E-state index in [-0.39, 0.29) is 11.9 Å². The zero-order valence-electron chi connectivity index (χ0n) is 9.45. The van der Waals surface area contributed by atoms with Crippen LogP contribution in [-0.2, 0) is 0 Å². The number of halogens is 1. The van der Waals surface area contributed by atoms with Gasteiger partial charge in [0, 0.05) is 12.1 Å². The highest BCUT2D eigenvalue weighted by molar-refractivity contribution is 5.19. The fourth-order valence-electron chi connectivity index (χ4n) is 2.28. The van der Waals surface area contributed by atoms with Crippen molar-refractivity contribution in [2.45, 2.75) is 37.8 Å². The Morgan fingerprint density at radius 2 is 2.06 bits per heavy atom. The van der Waals surface area contributed by atoms with Crippen molar-refractivity contribution < 1.29 is 4.39 Å². The molecule has 0 spiro atoms. The Morgan fingerprint density at radius 1 is 1.31 bits per heavy atom. The monoisotopic (exact) mass is 222 g/mol. The van der Waals surface area contributed by atoms with Crippen LogP contribution in [0, 0.1) is 5.82 Å². The van der Waals surface area contributed by atoms with E-state index in [9.17, 15) is 4.39 Å². The topological polar surface area (TPSA) is 38.0 Å². The molecule has 1 aliphatic heterocycles. The molecule has 1 aromatic carbocycles. The molecule has 2 unspecified atom stereocenters. The van der Waals surface area contributed by atoms with Gasteiger partial charge in [0.05, 0.1) is 0 Å². The van der Waals surface area contributed by atoms with Crippen LogP contribution in [0.3, 0.4) is 0 Å². The molecular weight excluding hydrogens is 203 g/mol. The molecule has 3 heteroatoms. The van der Waals surface area contributed by atoms with Gasteiger partial charge >= 0.3 is 0 Å². The Labute approximate surface area is 96.0 Å². The highest BCUT2D eigenvalue weighted by Crippen LogP contribution is 2.20. The molecule has 0 radical (unpaired) electrons. The lowest BCUT2D eigenvalue weighted by atomic mass is 9.95. The van der Waals surface area contributed by atoms with Gasteiger partial charge in [-0.05, 0) is 43.5 Å². The third-order valence-electron chi connectivity index (χ3n) is 3.25. The fraction of sp³-hybridized carbons (Fsp3) is 0.538. The number of piperidine rings is 1. The highest BCUT2D eigenvalue weighted by Gasteiger charge is 2.16. The van der Waals surface area contributed by atoms with Gasteiger partial charge in [-0.3, -0.25) is 0 Å². The van der Waals surface area contributed by atoms with Crippen LogP contribution in [0.25, 0.3) is 0 Å². The van der Waals surface area contributed by atoms with Crippen LogP contribution in [0.4, 0.5) is 4.39 Å². The molecule has 2 nitrogen and oxygen atoms in total. The maximum Gasteiger partial charge on any atom is 0.123 e. The van der Waals surface area contributed by atoms with Crippen molar-refractivity contribution in [2.75, 3.05) is 6.54 Å². The molecule has 2 rings (SSSR count). The fourth-order valence-corrected chi connectivity index (χ4v) is 2.28. The first kappa shape index (κ1) is 11.6. The minimum Gasteiger partial charge on any atom is -0.324 e. The van der Waals surface area contributed by atoms with Crippen LogP contribution in [0.1, 0.15) is 37.3 Å². The summed E-state index contributed by atoms with van der Waals surface area (Å²) in [6.07, 6.45) is 4.69. The van der Waals surface area contributed by atoms with E-state index >= 15 is 0 Å². The number of hydrogen-bond acceptors (Lipinski definition) is 2. The molecular formula is C13H19FN2. The van der Waals surface area contributed by atoms with E-state index in [0.29, 0.717) is 6.04 Å². The van der Waals surface area contributed by atoms with Crippen molar-refractivity contribution in [1.82, 2.24) is 5.32 Å². The number of rotatable bonds is 3. The summed E-state index contributed by atoms with van der Waals surface area (Å²) in [6.45, 7) is 1.10. The van der Waals surface area contributed by atoms with Crippen LogP contribution in [0.2, 0.25) is 0 Å². The first-order valence-corrected chi connectivity index (χ1v) is 6.00. The molecule has 1 aliphatic rings. The van der Waals surface area contributed by atoms with Crippen LogP contribution in [-0.4, -0.2) is 12.6 Å². The van der Waals surface area contributed by atoms with Gasteiger partial charge in [0.1, 0.15) is 5.82 Å². The van der Waals surface area contributed by atoms with Crippen LogP contribution in [0.15, 0.2) is 24.3 Å². The maximum absolute atomic E-state index is 12.8. The van der Waals surface area contributed by atoms with Gasteiger partial charge in [-0.15, -0.1) is 0 Å². The second kappa shape index (κ2) is 5.41. The van der Waals surface area contributed by atoms with E-state index in [1.165, 1.54) is 31.4 Å². The zero-order chi connectivity index (χ0) is 11.4. The first-order valence-electron chi connectivity index (χ1n) is 6.00. The molecule has 1 fully saturated rings. The molecule has 1 heterocycles. The average Bonchev–Trinajstić information content (AvgIpc) is 2.31. The molecule has 1 aromatic rings. The van der Waals surface area contributed by atoms with E-state index < -0.39 is 0 Å². The smallest absolute Gasteiger partial charge is 0.123 e. The summed E-state index contributed by atoms with van der Waals surface area (Å²) in [5, 5.41) is 3.48. The van der Waals surface area contributed by atoms with E-state index in [0.717, 1.165) is 18.5 Å². The maximum atomic E-state index is 12.8. The number of hydrogen-bond donors (Lipinski definition) is 2. The van der Waals surface area contributed by atoms with Gasteiger partial charge in [-0.1, -0.05) is 18.6 Å². The molecule has 1 saturated heterocycles. The van der Waals surface area contributed by atoms with Gasteiger partial charge in [-0.25, -0.2) is 4.39 Å². The quantitative estimate of drug-likeness (QED) is 0.824. The van der Waals surface area contributed by atoms with E-state index in [1.807, 2.05) is 0 Å². The Hall–Kier alpha value is -0.930. The molecule has 16 heavy (non-hydrogen) atoms. The summed E-state index contributed by atoms with van der Waals surface area (Å²) >= 11 is 0. The Morgan fingerprint density at radius 3 is 2.69 bits per heavy atom. The molecule has 0 saturated carbocycles. The minimum atomic E-state index is -0.202. The predicted molar refractivity (Wildman–Crippen MR) is 63.6 cm³/mol. The largest absolute Gasteiger partial charge is 0.324 e. The minimum absolute atomic E-state index is 0.0104. The third kappa shape index (κ3) is 3.03. The predicted octanol–water partition coefficient (Wildman–Crippen LogP) is 2.36. The van der Waals surface area contributed by atoms with Crippen molar-refractivity contribution in [1.29, 1.82) is 0 Å². The van der Waals surface area contributed by atoms with Crippen molar-refractivity contribution >= 4 is 0 Å². The first-order chi connectivity index (χ1) is 7.75. The van der Waals surface area contributed by atoms with Crippen molar-refractivity contribution in [3.8, 4) is 0 Å². The van der Waals surface area contributed by atoms with E-state index in [4.69, 9.17) is 5.73 Å². The van der Waals surface area contributed by atoms with Crippen LogP contribution >= 0.6 is 0 Å². The van der Waals surface area contributed by atoms with Crippen molar-refractivity contribution in [2.24, 2.45) is 5.73 Å². The second-order valence-electron chi connectivity index (χ2n) is 4.54. The molecule has 2 atom stereocenters. The molecule has 0 aliphatic carbocycles. The lowest BCUT2D eigenvalue weighted by Crippen LogP contribution is -2.36. The average molecular weight is 222 g/mol. The van der Waals surface area contributed by atoms with Crippen LogP contribution in [0.5, 0.6) is 0 Å². The third-order valence-corrected chi connectivity index (χ3v) is 3.25. The normalized spacial score (nSPS) is 23.0.